The highest BCUT2D eigenvalue weighted by atomic mass is 35.5. The number of benzene rings is 2. The summed E-state index contributed by atoms with van der Waals surface area (Å²) >= 11 is 6.05. The first-order valence-electron chi connectivity index (χ1n) is 9.93. The van der Waals surface area contributed by atoms with Gasteiger partial charge in [-0.1, -0.05) is 41.9 Å². The number of nitrogens with one attached hydrogen (secondary N) is 2. The van der Waals surface area contributed by atoms with E-state index in [1.165, 1.54) is 0 Å². The predicted octanol–water partition coefficient (Wildman–Crippen LogP) is 4.91. The van der Waals surface area contributed by atoms with Crippen molar-refractivity contribution in [1.29, 1.82) is 0 Å². The molecule has 2 N–H and O–H groups in total. The number of carbonyl (C=O) groups excluding carboxylic acids is 2. The van der Waals surface area contributed by atoms with Crippen molar-refractivity contribution in [3.63, 3.8) is 0 Å². The third-order valence-corrected chi connectivity index (χ3v) is 5.91. The van der Waals surface area contributed by atoms with Gasteiger partial charge in [-0.25, -0.2) is 4.79 Å². The average molecular weight is 414 g/mol. The number of carbonyl (C=O) groups is 2. The van der Waals surface area contributed by atoms with Crippen molar-refractivity contribution in [3.8, 4) is 0 Å². The Balaban J connectivity index is 1.63. The van der Waals surface area contributed by atoms with Crippen LogP contribution in [0.1, 0.15) is 36.5 Å². The molecule has 0 radical (unpaired) electrons. The molecule has 2 aromatic rings. The lowest BCUT2D eigenvalue weighted by Crippen LogP contribution is -2.52. The number of hydrogen-bond donors (Lipinski definition) is 2. The van der Waals surface area contributed by atoms with E-state index in [0.717, 1.165) is 29.5 Å². The van der Waals surface area contributed by atoms with Gasteiger partial charge in [0.15, 0.2) is 0 Å². The first kappa shape index (κ1) is 21.2. The Kier molecular flexibility index (Phi) is 6.48. The summed E-state index contributed by atoms with van der Waals surface area (Å²) in [6.45, 7) is 7.41. The van der Waals surface area contributed by atoms with Crippen LogP contribution < -0.4 is 10.6 Å². The molecule has 1 saturated heterocycles. The van der Waals surface area contributed by atoms with Crippen LogP contribution in [0.15, 0.2) is 42.5 Å². The number of hydrogen-bond acceptors (Lipinski definition) is 2. The number of amides is 3. The number of aryl methyl sites for hydroxylation is 2. The summed E-state index contributed by atoms with van der Waals surface area (Å²) in [5.41, 5.74) is 3.28. The minimum Gasteiger partial charge on any atom is -0.351 e. The van der Waals surface area contributed by atoms with E-state index in [-0.39, 0.29) is 11.9 Å². The van der Waals surface area contributed by atoms with Gasteiger partial charge in [0.1, 0.15) is 0 Å². The molecule has 1 aliphatic rings. The molecular weight excluding hydrogens is 386 g/mol. The lowest BCUT2D eigenvalue weighted by molar-refractivity contribution is -0.132. The zero-order valence-electron chi connectivity index (χ0n) is 17.2. The molecule has 0 aliphatic carbocycles. The number of rotatable bonds is 4. The molecule has 154 valence electrons. The molecular formula is C23H28ClN3O2. The van der Waals surface area contributed by atoms with E-state index in [1.54, 1.807) is 17.0 Å². The fraction of sp³-hybridized carbons (Fsp3) is 0.391. The first-order valence-corrected chi connectivity index (χ1v) is 10.3. The molecule has 1 atom stereocenters. The van der Waals surface area contributed by atoms with Gasteiger partial charge in [0.25, 0.3) is 0 Å². The topological polar surface area (TPSA) is 61.4 Å². The summed E-state index contributed by atoms with van der Waals surface area (Å²) in [5, 5.41) is 6.57. The normalized spacial score (nSPS) is 19.0. The Morgan fingerprint density at radius 2 is 1.90 bits per heavy atom. The van der Waals surface area contributed by atoms with Crippen LogP contribution in [0.25, 0.3) is 0 Å². The molecule has 0 spiro atoms. The van der Waals surface area contributed by atoms with Crippen molar-refractivity contribution < 1.29 is 9.59 Å². The first-order chi connectivity index (χ1) is 13.8. The Morgan fingerprint density at radius 3 is 2.66 bits per heavy atom. The molecule has 1 fully saturated rings. The van der Waals surface area contributed by atoms with Crippen LogP contribution in [0.4, 0.5) is 10.5 Å². The minimum atomic E-state index is -0.609. The second-order valence-corrected chi connectivity index (χ2v) is 8.52. The quantitative estimate of drug-likeness (QED) is 0.748. The predicted molar refractivity (Wildman–Crippen MR) is 117 cm³/mol. The molecule has 0 bridgehead atoms. The van der Waals surface area contributed by atoms with E-state index in [0.29, 0.717) is 30.3 Å². The molecule has 0 saturated carbocycles. The number of nitrogens with zero attached hydrogens (tertiary/aromatic N) is 1. The molecule has 3 amide bonds. The molecule has 5 nitrogen and oxygen atoms in total. The van der Waals surface area contributed by atoms with E-state index in [4.69, 9.17) is 11.6 Å². The smallest absolute Gasteiger partial charge is 0.321 e. The minimum absolute atomic E-state index is 0.0165. The Hall–Kier alpha value is -2.53. The summed E-state index contributed by atoms with van der Waals surface area (Å²) < 4.78 is 0. The Morgan fingerprint density at radius 1 is 1.14 bits per heavy atom. The van der Waals surface area contributed by atoms with E-state index in [9.17, 15) is 9.59 Å². The zero-order chi connectivity index (χ0) is 21.0. The molecule has 2 aromatic carbocycles. The SMILES string of the molecule is Cc1ccccc1CNC(=O)[C@@]1(C)CCCN(C(=O)Nc2cc(Cl)ccc2C)C1. The highest BCUT2D eigenvalue weighted by molar-refractivity contribution is 6.31. The molecule has 29 heavy (non-hydrogen) atoms. The van der Waals surface area contributed by atoms with Crippen LogP contribution in [-0.2, 0) is 11.3 Å². The largest absolute Gasteiger partial charge is 0.351 e. The van der Waals surface area contributed by atoms with E-state index < -0.39 is 5.41 Å². The van der Waals surface area contributed by atoms with E-state index in [1.807, 2.05) is 51.1 Å². The summed E-state index contributed by atoms with van der Waals surface area (Å²) in [7, 11) is 0. The lowest BCUT2D eigenvalue weighted by Gasteiger charge is -2.39. The van der Waals surface area contributed by atoms with Crippen LogP contribution in [-0.4, -0.2) is 29.9 Å². The fourth-order valence-electron chi connectivity index (χ4n) is 3.72. The highest BCUT2D eigenvalue weighted by Crippen LogP contribution is 2.31. The standard InChI is InChI=1S/C23H28ClN3O2/c1-16-7-4-5-8-18(16)14-25-21(28)23(3)11-6-12-27(15-23)22(29)26-20-13-19(24)10-9-17(20)2/h4-5,7-10,13H,6,11-12,14-15H2,1-3H3,(H,25,28)(H,26,29)/t23-/m0/s1. The van der Waals surface area contributed by atoms with Crippen LogP contribution >= 0.6 is 11.6 Å². The van der Waals surface area contributed by atoms with Gasteiger partial charge in [-0.05, 0) is 62.4 Å². The lowest BCUT2D eigenvalue weighted by atomic mass is 9.81. The zero-order valence-corrected chi connectivity index (χ0v) is 18.0. The van der Waals surface area contributed by atoms with E-state index in [2.05, 4.69) is 10.6 Å². The molecule has 0 unspecified atom stereocenters. The summed E-state index contributed by atoms with van der Waals surface area (Å²) in [4.78, 5) is 27.5. The van der Waals surface area contributed by atoms with E-state index >= 15 is 0 Å². The highest BCUT2D eigenvalue weighted by Gasteiger charge is 2.39. The van der Waals surface area contributed by atoms with Crippen LogP contribution in [0.2, 0.25) is 5.02 Å². The summed E-state index contributed by atoms with van der Waals surface area (Å²) in [5.74, 6) is -0.0165. The number of halogens is 1. The Labute approximate surface area is 177 Å². The molecule has 3 rings (SSSR count). The van der Waals surface area contributed by atoms with Crippen LogP contribution in [0.5, 0.6) is 0 Å². The molecule has 6 heteroatoms. The van der Waals surface area contributed by atoms with Crippen molar-refractivity contribution in [2.24, 2.45) is 5.41 Å². The second-order valence-electron chi connectivity index (χ2n) is 8.08. The number of urea groups is 1. The molecule has 1 aliphatic heterocycles. The molecule has 1 heterocycles. The number of likely N-dealkylation sites (tertiary alicyclic amines) is 1. The fourth-order valence-corrected chi connectivity index (χ4v) is 3.89. The second kappa shape index (κ2) is 8.87. The number of piperidine rings is 1. The maximum Gasteiger partial charge on any atom is 0.321 e. The monoisotopic (exact) mass is 413 g/mol. The summed E-state index contributed by atoms with van der Waals surface area (Å²) in [6, 6.07) is 13.2. The van der Waals surface area contributed by atoms with Crippen LogP contribution in [0.3, 0.4) is 0 Å². The van der Waals surface area contributed by atoms with Gasteiger partial charge < -0.3 is 15.5 Å². The summed E-state index contributed by atoms with van der Waals surface area (Å²) in [6.07, 6.45) is 1.54. The van der Waals surface area contributed by atoms with Gasteiger partial charge in [0.2, 0.25) is 5.91 Å². The average Bonchev–Trinajstić information content (AvgIpc) is 2.70. The van der Waals surface area contributed by atoms with Gasteiger partial charge in [-0.2, -0.15) is 0 Å². The van der Waals surface area contributed by atoms with Crippen molar-refractivity contribution >= 4 is 29.2 Å². The third kappa shape index (κ3) is 5.10. The van der Waals surface area contributed by atoms with Gasteiger partial charge in [0.05, 0.1) is 5.41 Å². The number of anilines is 1. The molecule has 0 aromatic heterocycles. The van der Waals surface area contributed by atoms with Crippen molar-refractivity contribution in [3.05, 3.63) is 64.2 Å². The van der Waals surface area contributed by atoms with Crippen molar-refractivity contribution in [1.82, 2.24) is 10.2 Å². The maximum absolute atomic E-state index is 12.9. The Bertz CT molecular complexity index is 915. The van der Waals surface area contributed by atoms with Gasteiger partial charge in [0, 0.05) is 30.3 Å². The van der Waals surface area contributed by atoms with Crippen LogP contribution in [0, 0.1) is 19.3 Å². The maximum atomic E-state index is 12.9. The van der Waals surface area contributed by atoms with Gasteiger partial charge in [-0.15, -0.1) is 0 Å². The third-order valence-electron chi connectivity index (χ3n) is 5.67. The van der Waals surface area contributed by atoms with Crippen molar-refractivity contribution in [2.45, 2.75) is 40.2 Å². The van der Waals surface area contributed by atoms with Gasteiger partial charge >= 0.3 is 6.03 Å². The van der Waals surface area contributed by atoms with Crippen molar-refractivity contribution in [2.75, 3.05) is 18.4 Å². The van der Waals surface area contributed by atoms with Gasteiger partial charge in [-0.3, -0.25) is 4.79 Å².